The van der Waals surface area contributed by atoms with E-state index in [9.17, 15) is 4.79 Å². The van der Waals surface area contributed by atoms with E-state index in [-0.39, 0.29) is 5.91 Å². The van der Waals surface area contributed by atoms with Gasteiger partial charge in [0.05, 0.1) is 0 Å². The number of anilines is 1. The van der Waals surface area contributed by atoms with Gasteiger partial charge in [-0.3, -0.25) is 4.79 Å². The van der Waals surface area contributed by atoms with Gasteiger partial charge in [0.2, 0.25) is 5.91 Å². The van der Waals surface area contributed by atoms with Gasteiger partial charge in [-0.15, -0.1) is 0 Å². The fourth-order valence-corrected chi connectivity index (χ4v) is 2.69. The number of hydrogen-bond acceptors (Lipinski definition) is 2. The van der Waals surface area contributed by atoms with E-state index in [4.69, 9.17) is 0 Å². The van der Waals surface area contributed by atoms with Crippen molar-refractivity contribution in [2.75, 3.05) is 11.9 Å². The van der Waals surface area contributed by atoms with Gasteiger partial charge in [-0.2, -0.15) is 0 Å². The normalized spacial score (nSPS) is 19.6. The zero-order valence-corrected chi connectivity index (χ0v) is 10.9. The van der Waals surface area contributed by atoms with Crippen LogP contribution >= 0.6 is 0 Å². The largest absolute Gasteiger partial charge is 0.315 e. The first-order valence-electron chi connectivity index (χ1n) is 6.86. The second kappa shape index (κ2) is 4.73. The molecule has 2 aliphatic rings. The zero-order chi connectivity index (χ0) is 12.5. The summed E-state index contributed by atoms with van der Waals surface area (Å²) in [5, 5.41) is 3.58. The molecule has 0 aromatic heterocycles. The highest BCUT2D eigenvalue weighted by atomic mass is 16.2. The van der Waals surface area contributed by atoms with Crippen LogP contribution in [0.15, 0.2) is 18.2 Å². The molecule has 18 heavy (non-hydrogen) atoms. The Balaban J connectivity index is 1.72. The van der Waals surface area contributed by atoms with E-state index in [1.807, 2.05) is 7.05 Å². The van der Waals surface area contributed by atoms with E-state index < -0.39 is 0 Å². The summed E-state index contributed by atoms with van der Waals surface area (Å²) in [5.41, 5.74) is 3.73. The van der Waals surface area contributed by atoms with Crippen LogP contribution in [0.25, 0.3) is 0 Å². The van der Waals surface area contributed by atoms with Crippen LogP contribution in [-0.2, 0) is 17.8 Å². The average molecular weight is 244 g/mol. The molecule has 0 spiro atoms. The van der Waals surface area contributed by atoms with Crippen molar-refractivity contribution in [1.82, 2.24) is 5.32 Å². The average Bonchev–Trinajstić information content (AvgIpc) is 2.32. The number of benzene rings is 1. The predicted molar refractivity (Wildman–Crippen MR) is 72.7 cm³/mol. The van der Waals surface area contributed by atoms with Gasteiger partial charge in [-0.05, 0) is 36.5 Å². The van der Waals surface area contributed by atoms with Gasteiger partial charge in [0, 0.05) is 31.7 Å². The molecule has 96 valence electrons. The summed E-state index contributed by atoms with van der Waals surface area (Å²) in [5.74, 6) is 0.225. The third-order valence-electron chi connectivity index (χ3n) is 4.19. The summed E-state index contributed by atoms with van der Waals surface area (Å²) in [4.78, 5) is 13.4. The molecule has 0 unspecified atom stereocenters. The van der Waals surface area contributed by atoms with E-state index in [1.165, 1.54) is 30.4 Å². The Morgan fingerprint density at radius 2 is 2.17 bits per heavy atom. The minimum Gasteiger partial charge on any atom is -0.315 e. The molecule has 3 heteroatoms. The Labute approximate surface area is 108 Å². The van der Waals surface area contributed by atoms with Crippen molar-refractivity contribution in [2.24, 2.45) is 0 Å². The monoisotopic (exact) mass is 244 g/mol. The number of carbonyl (C=O) groups is 1. The summed E-state index contributed by atoms with van der Waals surface area (Å²) >= 11 is 0. The van der Waals surface area contributed by atoms with Crippen molar-refractivity contribution in [1.29, 1.82) is 0 Å². The van der Waals surface area contributed by atoms with E-state index in [1.54, 1.807) is 4.90 Å². The Hall–Kier alpha value is -1.35. The highest BCUT2D eigenvalue weighted by Crippen LogP contribution is 2.27. The van der Waals surface area contributed by atoms with Gasteiger partial charge in [0.25, 0.3) is 0 Å². The van der Waals surface area contributed by atoms with Crippen LogP contribution in [0.2, 0.25) is 0 Å². The fourth-order valence-electron chi connectivity index (χ4n) is 2.69. The molecule has 1 N–H and O–H groups in total. The molecule has 0 saturated heterocycles. The molecule has 0 bridgehead atoms. The van der Waals surface area contributed by atoms with Crippen LogP contribution < -0.4 is 10.2 Å². The Morgan fingerprint density at radius 3 is 2.89 bits per heavy atom. The smallest absolute Gasteiger partial charge is 0.227 e. The van der Waals surface area contributed by atoms with E-state index in [0.29, 0.717) is 6.42 Å². The zero-order valence-electron chi connectivity index (χ0n) is 10.9. The first kappa shape index (κ1) is 11.7. The van der Waals surface area contributed by atoms with Crippen molar-refractivity contribution >= 4 is 11.6 Å². The lowest BCUT2D eigenvalue weighted by molar-refractivity contribution is -0.118. The molecule has 1 amide bonds. The molecule has 1 aromatic carbocycles. The van der Waals surface area contributed by atoms with Crippen molar-refractivity contribution in [3.63, 3.8) is 0 Å². The van der Waals surface area contributed by atoms with E-state index in [0.717, 1.165) is 24.7 Å². The van der Waals surface area contributed by atoms with Crippen LogP contribution in [0.5, 0.6) is 0 Å². The lowest BCUT2D eigenvalue weighted by Gasteiger charge is -2.28. The topological polar surface area (TPSA) is 32.3 Å². The highest BCUT2D eigenvalue weighted by Gasteiger charge is 2.21. The highest BCUT2D eigenvalue weighted by molar-refractivity contribution is 5.95. The van der Waals surface area contributed by atoms with Gasteiger partial charge in [-0.1, -0.05) is 18.6 Å². The number of fused-ring (bicyclic) bond motifs is 1. The van der Waals surface area contributed by atoms with Crippen molar-refractivity contribution in [3.8, 4) is 0 Å². The Morgan fingerprint density at radius 1 is 1.33 bits per heavy atom. The van der Waals surface area contributed by atoms with Crippen LogP contribution in [-0.4, -0.2) is 19.0 Å². The summed E-state index contributed by atoms with van der Waals surface area (Å²) in [6, 6.07) is 7.21. The molecule has 1 saturated carbocycles. The Bertz CT molecular complexity index is 466. The molecular formula is C15H20N2O. The molecular weight excluding hydrogens is 224 g/mol. The number of aryl methyl sites for hydroxylation is 1. The van der Waals surface area contributed by atoms with Gasteiger partial charge in [-0.25, -0.2) is 0 Å². The van der Waals surface area contributed by atoms with Gasteiger partial charge < -0.3 is 10.2 Å². The summed E-state index contributed by atoms with van der Waals surface area (Å²) in [6.07, 6.45) is 5.54. The quantitative estimate of drug-likeness (QED) is 0.884. The molecule has 0 radical (unpaired) electrons. The summed E-state index contributed by atoms with van der Waals surface area (Å²) < 4.78 is 0. The molecule has 1 fully saturated rings. The first-order chi connectivity index (χ1) is 8.74. The fraction of sp³-hybridized carbons (Fsp3) is 0.533. The van der Waals surface area contributed by atoms with Crippen LogP contribution in [0.1, 0.15) is 36.8 Å². The standard InChI is InChI=1S/C15H20N2O/c1-17-14-7-5-11(10-16-13-3-2-4-13)9-12(14)6-8-15(17)18/h5,7,9,13,16H,2-4,6,8,10H2,1H3. The van der Waals surface area contributed by atoms with Crippen LogP contribution in [0, 0.1) is 0 Å². The third-order valence-corrected chi connectivity index (χ3v) is 4.19. The molecule has 3 nitrogen and oxygen atoms in total. The van der Waals surface area contributed by atoms with Crippen molar-refractivity contribution < 1.29 is 4.79 Å². The van der Waals surface area contributed by atoms with Gasteiger partial charge in [0.1, 0.15) is 0 Å². The maximum absolute atomic E-state index is 11.6. The predicted octanol–water partition coefficient (Wildman–Crippen LogP) is 2.24. The minimum absolute atomic E-state index is 0.225. The van der Waals surface area contributed by atoms with Crippen molar-refractivity contribution in [2.45, 2.75) is 44.7 Å². The van der Waals surface area contributed by atoms with Crippen LogP contribution in [0.4, 0.5) is 5.69 Å². The number of hydrogen-bond donors (Lipinski definition) is 1. The van der Waals surface area contributed by atoms with Crippen LogP contribution in [0.3, 0.4) is 0 Å². The number of carbonyl (C=O) groups excluding carboxylic acids is 1. The molecule has 1 heterocycles. The summed E-state index contributed by atoms with van der Waals surface area (Å²) in [6.45, 7) is 0.954. The lowest BCUT2D eigenvalue weighted by atomic mass is 9.93. The number of nitrogens with one attached hydrogen (secondary N) is 1. The molecule has 1 aromatic rings. The second-order valence-electron chi connectivity index (χ2n) is 5.42. The summed E-state index contributed by atoms with van der Waals surface area (Å²) in [7, 11) is 1.87. The van der Waals surface area contributed by atoms with E-state index in [2.05, 4.69) is 23.5 Å². The molecule has 0 atom stereocenters. The third kappa shape index (κ3) is 2.15. The molecule has 1 aliphatic heterocycles. The van der Waals surface area contributed by atoms with Gasteiger partial charge >= 0.3 is 0 Å². The number of rotatable bonds is 3. The molecule has 1 aliphatic carbocycles. The number of nitrogens with zero attached hydrogens (tertiary/aromatic N) is 1. The van der Waals surface area contributed by atoms with E-state index >= 15 is 0 Å². The Kier molecular flexibility index (Phi) is 3.08. The maximum Gasteiger partial charge on any atom is 0.227 e. The minimum atomic E-state index is 0.225. The number of amides is 1. The maximum atomic E-state index is 11.6. The second-order valence-corrected chi connectivity index (χ2v) is 5.42. The first-order valence-corrected chi connectivity index (χ1v) is 6.86. The van der Waals surface area contributed by atoms with Crippen molar-refractivity contribution in [3.05, 3.63) is 29.3 Å². The SMILES string of the molecule is CN1C(=O)CCc2cc(CNC3CCC3)ccc21. The van der Waals surface area contributed by atoms with Gasteiger partial charge in [0.15, 0.2) is 0 Å². The lowest BCUT2D eigenvalue weighted by Crippen LogP contribution is -2.34. The molecule has 3 rings (SSSR count).